The lowest BCUT2D eigenvalue weighted by Crippen LogP contribution is -2.20. The Kier molecular flexibility index (Phi) is 6.85. The first-order valence-corrected chi connectivity index (χ1v) is 8.13. The Bertz CT molecular complexity index is 703. The molecule has 0 spiro atoms. The average Bonchev–Trinajstić information content (AvgIpc) is 2.60. The Balaban J connectivity index is 1.74. The molecule has 7 heteroatoms. The number of carbonyl (C=O) groups is 2. The molecule has 0 aliphatic rings. The second kappa shape index (κ2) is 9.36. The van der Waals surface area contributed by atoms with Crippen LogP contribution < -0.4 is 15.9 Å². The van der Waals surface area contributed by atoms with Crippen molar-refractivity contribution in [1.29, 1.82) is 0 Å². The second-order valence-electron chi connectivity index (χ2n) is 4.72. The molecule has 3 N–H and O–H groups in total. The summed E-state index contributed by atoms with van der Waals surface area (Å²) in [6, 6.07) is 16.6. The minimum Gasteiger partial charge on any atom is -0.484 e. The first kappa shape index (κ1) is 17.6. The fourth-order valence-corrected chi connectivity index (χ4v) is 2.39. The van der Waals surface area contributed by atoms with Crippen LogP contribution in [0.5, 0.6) is 5.75 Å². The van der Waals surface area contributed by atoms with Crippen LogP contribution in [-0.2, 0) is 9.59 Å². The third-order valence-corrected chi connectivity index (χ3v) is 3.79. The van der Waals surface area contributed by atoms with Crippen LogP contribution in [0.3, 0.4) is 0 Å². The van der Waals surface area contributed by atoms with E-state index in [1.54, 1.807) is 24.3 Å². The summed E-state index contributed by atoms with van der Waals surface area (Å²) < 4.78 is 5.15. The fraction of sp³-hybridized carbons (Fsp3) is 0.118. The van der Waals surface area contributed by atoms with Gasteiger partial charge in [-0.05, 0) is 42.0 Å². The second-order valence-corrected chi connectivity index (χ2v) is 5.77. The topological polar surface area (TPSA) is 93.8 Å². The van der Waals surface area contributed by atoms with Gasteiger partial charge in [-0.2, -0.15) is 5.10 Å². The lowest BCUT2D eigenvalue weighted by Gasteiger charge is -2.03. The first-order valence-electron chi connectivity index (χ1n) is 7.14. The average molecular weight is 343 g/mol. The smallest absolute Gasteiger partial charge is 0.255 e. The van der Waals surface area contributed by atoms with Gasteiger partial charge in [0.1, 0.15) is 5.75 Å². The number of carbonyl (C=O) groups excluding carboxylic acids is 2. The van der Waals surface area contributed by atoms with Crippen molar-refractivity contribution < 1.29 is 14.3 Å². The highest BCUT2D eigenvalue weighted by molar-refractivity contribution is 8.00. The van der Waals surface area contributed by atoms with Gasteiger partial charge < -0.3 is 10.5 Å². The lowest BCUT2D eigenvalue weighted by atomic mass is 10.2. The monoisotopic (exact) mass is 343 g/mol. The van der Waals surface area contributed by atoms with Gasteiger partial charge in [-0.15, -0.1) is 11.8 Å². The molecule has 2 rings (SSSR count). The number of ether oxygens (including phenoxy) is 1. The summed E-state index contributed by atoms with van der Waals surface area (Å²) in [5.74, 6) is 0.119. The molecule has 2 amide bonds. The van der Waals surface area contributed by atoms with Gasteiger partial charge >= 0.3 is 0 Å². The predicted molar refractivity (Wildman–Crippen MR) is 94.0 cm³/mol. The summed E-state index contributed by atoms with van der Waals surface area (Å²) in [5, 5.41) is 3.90. The number of hydrogen-bond acceptors (Lipinski definition) is 5. The molecule has 2 aromatic rings. The molecule has 0 aliphatic heterocycles. The Morgan fingerprint density at radius 2 is 1.83 bits per heavy atom. The largest absolute Gasteiger partial charge is 0.484 e. The maximum absolute atomic E-state index is 11.7. The number of benzene rings is 2. The fourth-order valence-electron chi connectivity index (χ4n) is 1.68. The number of primary amides is 1. The van der Waals surface area contributed by atoms with E-state index in [0.717, 1.165) is 10.5 Å². The minimum absolute atomic E-state index is 0.164. The minimum atomic E-state index is -0.531. The molecule has 2 aromatic carbocycles. The van der Waals surface area contributed by atoms with Crippen molar-refractivity contribution >= 4 is 29.8 Å². The molecule has 0 unspecified atom stereocenters. The van der Waals surface area contributed by atoms with Crippen LogP contribution in [0.2, 0.25) is 0 Å². The third kappa shape index (κ3) is 6.53. The Morgan fingerprint density at radius 1 is 1.12 bits per heavy atom. The third-order valence-electron chi connectivity index (χ3n) is 2.78. The molecule has 0 fully saturated rings. The van der Waals surface area contributed by atoms with Crippen molar-refractivity contribution in [3.8, 4) is 5.75 Å². The van der Waals surface area contributed by atoms with E-state index in [0.29, 0.717) is 11.5 Å². The number of thioether (sulfide) groups is 1. The molecule has 0 radical (unpaired) electrons. The number of hydrazone groups is 1. The van der Waals surface area contributed by atoms with Crippen molar-refractivity contribution in [1.82, 2.24) is 5.43 Å². The van der Waals surface area contributed by atoms with Crippen molar-refractivity contribution in [2.24, 2.45) is 10.8 Å². The molecule has 0 aliphatic carbocycles. The van der Waals surface area contributed by atoms with Crippen molar-refractivity contribution in [3.05, 3.63) is 60.2 Å². The molecule has 0 saturated heterocycles. The van der Waals surface area contributed by atoms with Crippen LogP contribution >= 0.6 is 11.8 Å². The van der Waals surface area contributed by atoms with Gasteiger partial charge in [0.15, 0.2) is 6.61 Å². The van der Waals surface area contributed by atoms with Gasteiger partial charge in [0, 0.05) is 4.90 Å². The van der Waals surface area contributed by atoms with Crippen LogP contribution in [0.4, 0.5) is 0 Å². The standard InChI is InChI=1S/C17H17N3O3S/c18-16(21)11-23-14-8-6-13(7-9-14)10-19-20-17(22)12-24-15-4-2-1-3-5-15/h1-10H,11-12H2,(H2,18,21)(H,20,22). The van der Waals surface area contributed by atoms with E-state index in [1.807, 2.05) is 30.3 Å². The number of nitrogens with two attached hydrogens (primary N) is 1. The summed E-state index contributed by atoms with van der Waals surface area (Å²) >= 11 is 1.44. The van der Waals surface area contributed by atoms with E-state index >= 15 is 0 Å². The van der Waals surface area contributed by atoms with Crippen molar-refractivity contribution in [2.45, 2.75) is 4.90 Å². The van der Waals surface area contributed by atoms with Gasteiger partial charge in [0.25, 0.3) is 5.91 Å². The molecule has 0 atom stereocenters. The number of rotatable bonds is 8. The van der Waals surface area contributed by atoms with E-state index in [4.69, 9.17) is 10.5 Å². The molecule has 0 bridgehead atoms. The van der Waals surface area contributed by atoms with Gasteiger partial charge in [-0.3, -0.25) is 9.59 Å². The summed E-state index contributed by atoms with van der Waals surface area (Å²) in [5.41, 5.74) is 8.26. The van der Waals surface area contributed by atoms with Gasteiger partial charge in [-0.1, -0.05) is 18.2 Å². The SMILES string of the molecule is NC(=O)COc1ccc(C=NNC(=O)CSc2ccccc2)cc1. The molecular formula is C17H17N3O3S. The Labute approximate surface area is 144 Å². The highest BCUT2D eigenvalue weighted by Gasteiger charge is 2.01. The molecule has 24 heavy (non-hydrogen) atoms. The van der Waals surface area contributed by atoms with Crippen molar-refractivity contribution in [3.63, 3.8) is 0 Å². The van der Waals surface area contributed by atoms with Crippen LogP contribution in [0.15, 0.2) is 64.6 Å². The van der Waals surface area contributed by atoms with Crippen molar-refractivity contribution in [2.75, 3.05) is 12.4 Å². The quantitative estimate of drug-likeness (QED) is 0.434. The van der Waals surface area contributed by atoms with E-state index in [-0.39, 0.29) is 12.5 Å². The zero-order valence-electron chi connectivity index (χ0n) is 12.8. The van der Waals surface area contributed by atoms with E-state index in [2.05, 4.69) is 10.5 Å². The van der Waals surface area contributed by atoms with Crippen LogP contribution in [0.1, 0.15) is 5.56 Å². The molecule has 0 heterocycles. The summed E-state index contributed by atoms with van der Waals surface area (Å²) in [4.78, 5) is 23.4. The molecule has 0 aromatic heterocycles. The number of amides is 2. The predicted octanol–water partition coefficient (Wildman–Crippen LogP) is 1.79. The summed E-state index contributed by atoms with van der Waals surface area (Å²) in [6.07, 6.45) is 1.53. The zero-order chi connectivity index (χ0) is 17.2. The Morgan fingerprint density at radius 3 is 2.50 bits per heavy atom. The van der Waals surface area contributed by atoms with E-state index in [9.17, 15) is 9.59 Å². The van der Waals surface area contributed by atoms with Crippen LogP contribution in [0, 0.1) is 0 Å². The lowest BCUT2D eigenvalue weighted by molar-refractivity contribution is -0.120. The summed E-state index contributed by atoms with van der Waals surface area (Å²) in [7, 11) is 0. The van der Waals surface area contributed by atoms with E-state index < -0.39 is 5.91 Å². The van der Waals surface area contributed by atoms with Gasteiger partial charge in [0.2, 0.25) is 5.91 Å². The molecule has 6 nitrogen and oxygen atoms in total. The molecule has 0 saturated carbocycles. The Hall–Kier alpha value is -2.80. The van der Waals surface area contributed by atoms with Crippen LogP contribution in [-0.4, -0.2) is 30.4 Å². The number of nitrogens with zero attached hydrogens (tertiary/aromatic N) is 1. The van der Waals surface area contributed by atoms with Crippen LogP contribution in [0.25, 0.3) is 0 Å². The summed E-state index contributed by atoms with van der Waals surface area (Å²) in [6.45, 7) is -0.164. The maximum atomic E-state index is 11.7. The highest BCUT2D eigenvalue weighted by atomic mass is 32.2. The van der Waals surface area contributed by atoms with Gasteiger partial charge in [-0.25, -0.2) is 5.43 Å². The maximum Gasteiger partial charge on any atom is 0.255 e. The zero-order valence-corrected chi connectivity index (χ0v) is 13.7. The number of nitrogens with one attached hydrogen (secondary N) is 1. The van der Waals surface area contributed by atoms with Gasteiger partial charge in [0.05, 0.1) is 12.0 Å². The highest BCUT2D eigenvalue weighted by Crippen LogP contribution is 2.16. The number of hydrogen-bond donors (Lipinski definition) is 2. The molecule has 124 valence electrons. The normalized spacial score (nSPS) is 10.5. The van der Waals surface area contributed by atoms with E-state index in [1.165, 1.54) is 18.0 Å². The molecular weight excluding hydrogens is 326 g/mol. The first-order chi connectivity index (χ1) is 11.6.